The predicted molar refractivity (Wildman–Crippen MR) is 65.5 cm³/mol. The fourth-order valence-electron chi connectivity index (χ4n) is 1.82. The van der Waals surface area contributed by atoms with E-state index in [-0.39, 0.29) is 18.3 Å². The van der Waals surface area contributed by atoms with Crippen molar-refractivity contribution in [2.24, 2.45) is 5.92 Å². The van der Waals surface area contributed by atoms with E-state index in [2.05, 4.69) is 17.2 Å². The predicted octanol–water partition coefficient (Wildman–Crippen LogP) is 1.61. The van der Waals surface area contributed by atoms with Crippen molar-refractivity contribution >= 4 is 24.0 Å². The first-order chi connectivity index (χ1) is 7.15. The van der Waals surface area contributed by atoms with E-state index < -0.39 is 0 Å². The normalized spacial score (nSPS) is 22.8. The van der Waals surface area contributed by atoms with E-state index in [1.807, 2.05) is 0 Å². The second-order valence-corrected chi connectivity index (χ2v) is 4.22. The summed E-state index contributed by atoms with van der Waals surface area (Å²) >= 11 is 0. The fourth-order valence-corrected chi connectivity index (χ4v) is 1.82. The van der Waals surface area contributed by atoms with Gasteiger partial charge in [0.2, 0.25) is 0 Å². The van der Waals surface area contributed by atoms with E-state index in [1.165, 1.54) is 6.20 Å². The highest BCUT2D eigenvalue weighted by Crippen LogP contribution is 2.26. The van der Waals surface area contributed by atoms with Crippen LogP contribution in [0.5, 0.6) is 0 Å². The molecule has 2 rings (SSSR count). The maximum atomic E-state index is 11.7. The number of anilines is 1. The summed E-state index contributed by atoms with van der Waals surface area (Å²) in [5, 5.41) is 2.94. The van der Waals surface area contributed by atoms with Crippen molar-refractivity contribution in [3.63, 3.8) is 0 Å². The molecule has 0 saturated heterocycles. The van der Waals surface area contributed by atoms with Crippen molar-refractivity contribution in [1.82, 2.24) is 10.3 Å². The molecular formula is C11H16ClN3O. The molecule has 1 fully saturated rings. The Kier molecular flexibility index (Phi) is 4.12. The number of hydrogen-bond acceptors (Lipinski definition) is 3. The maximum Gasteiger partial charge on any atom is 0.270 e. The summed E-state index contributed by atoms with van der Waals surface area (Å²) in [7, 11) is 0. The molecule has 1 heterocycles. The van der Waals surface area contributed by atoms with Crippen LogP contribution in [0.15, 0.2) is 18.3 Å². The number of aromatic nitrogens is 1. The lowest BCUT2D eigenvalue weighted by molar-refractivity contribution is 0.0891. The topological polar surface area (TPSA) is 68.0 Å². The molecule has 0 spiro atoms. The van der Waals surface area contributed by atoms with E-state index in [0.29, 0.717) is 17.4 Å². The standard InChI is InChI=1S/C11H15N3O.ClH/c1-7-4-9(5-7)14-11(15)10-3-2-8(12)6-13-10;/h2-3,6-7,9H,4-5,12H2,1H3,(H,14,15);1H. The fraction of sp³-hybridized carbons (Fsp3) is 0.455. The van der Waals surface area contributed by atoms with Gasteiger partial charge < -0.3 is 11.1 Å². The van der Waals surface area contributed by atoms with Crippen LogP contribution in [-0.2, 0) is 0 Å². The molecule has 0 bridgehead atoms. The van der Waals surface area contributed by atoms with Gasteiger partial charge in [0.1, 0.15) is 5.69 Å². The first-order valence-electron chi connectivity index (χ1n) is 5.17. The summed E-state index contributed by atoms with van der Waals surface area (Å²) in [5.41, 5.74) is 6.50. The van der Waals surface area contributed by atoms with Gasteiger partial charge in [0.05, 0.1) is 11.9 Å². The third-order valence-corrected chi connectivity index (χ3v) is 2.73. The Morgan fingerprint density at radius 1 is 1.50 bits per heavy atom. The minimum absolute atomic E-state index is 0. The second kappa shape index (κ2) is 5.16. The first kappa shape index (κ1) is 12.8. The third-order valence-electron chi connectivity index (χ3n) is 2.73. The van der Waals surface area contributed by atoms with E-state index in [4.69, 9.17) is 5.73 Å². The minimum Gasteiger partial charge on any atom is -0.397 e. The van der Waals surface area contributed by atoms with Gasteiger partial charge in [-0.15, -0.1) is 12.4 Å². The molecule has 16 heavy (non-hydrogen) atoms. The Hall–Kier alpha value is -1.29. The van der Waals surface area contributed by atoms with Crippen LogP contribution in [-0.4, -0.2) is 16.9 Å². The minimum atomic E-state index is -0.105. The number of halogens is 1. The zero-order valence-electron chi connectivity index (χ0n) is 9.14. The number of nitrogen functional groups attached to an aromatic ring is 1. The lowest BCUT2D eigenvalue weighted by atomic mass is 9.82. The van der Waals surface area contributed by atoms with Crippen LogP contribution in [0.1, 0.15) is 30.3 Å². The van der Waals surface area contributed by atoms with Gasteiger partial charge in [-0.1, -0.05) is 6.92 Å². The van der Waals surface area contributed by atoms with Gasteiger partial charge in [-0.2, -0.15) is 0 Å². The zero-order chi connectivity index (χ0) is 10.8. The average molecular weight is 242 g/mol. The molecule has 0 aromatic carbocycles. The second-order valence-electron chi connectivity index (χ2n) is 4.22. The summed E-state index contributed by atoms with van der Waals surface area (Å²) in [6, 6.07) is 3.66. The van der Waals surface area contributed by atoms with Gasteiger partial charge >= 0.3 is 0 Å². The lowest BCUT2D eigenvalue weighted by Gasteiger charge is -2.33. The number of nitrogens with one attached hydrogen (secondary N) is 1. The van der Waals surface area contributed by atoms with Gasteiger partial charge in [-0.25, -0.2) is 4.98 Å². The Bertz CT molecular complexity index is 360. The van der Waals surface area contributed by atoms with Crippen molar-refractivity contribution in [3.8, 4) is 0 Å². The van der Waals surface area contributed by atoms with Gasteiger partial charge in [0.25, 0.3) is 5.91 Å². The van der Waals surface area contributed by atoms with E-state index >= 15 is 0 Å². The van der Waals surface area contributed by atoms with Crippen molar-refractivity contribution in [3.05, 3.63) is 24.0 Å². The van der Waals surface area contributed by atoms with Gasteiger partial charge in [-0.3, -0.25) is 4.79 Å². The molecule has 4 nitrogen and oxygen atoms in total. The quantitative estimate of drug-likeness (QED) is 0.827. The van der Waals surface area contributed by atoms with Gasteiger partial charge in [0.15, 0.2) is 0 Å². The summed E-state index contributed by atoms with van der Waals surface area (Å²) in [6.45, 7) is 2.18. The summed E-state index contributed by atoms with van der Waals surface area (Å²) in [4.78, 5) is 15.6. The van der Waals surface area contributed by atoms with Crippen molar-refractivity contribution in [2.75, 3.05) is 5.73 Å². The smallest absolute Gasteiger partial charge is 0.270 e. The molecule has 5 heteroatoms. The van der Waals surface area contributed by atoms with Crippen LogP contribution in [0, 0.1) is 5.92 Å². The highest BCUT2D eigenvalue weighted by atomic mass is 35.5. The SMILES string of the molecule is CC1CC(NC(=O)c2ccc(N)cn2)C1.Cl. The summed E-state index contributed by atoms with van der Waals surface area (Å²) in [6.07, 6.45) is 3.64. The molecule has 1 aliphatic carbocycles. The third kappa shape index (κ3) is 2.85. The number of carbonyl (C=O) groups excluding carboxylic acids is 1. The van der Waals surface area contributed by atoms with Crippen molar-refractivity contribution < 1.29 is 4.79 Å². The number of hydrogen-bond donors (Lipinski definition) is 2. The van der Waals surface area contributed by atoms with Gasteiger partial charge in [-0.05, 0) is 30.9 Å². The Labute approximate surface area is 101 Å². The Morgan fingerprint density at radius 2 is 2.19 bits per heavy atom. The molecule has 0 unspecified atom stereocenters. The van der Waals surface area contributed by atoms with Crippen LogP contribution in [0.2, 0.25) is 0 Å². The van der Waals surface area contributed by atoms with Crippen molar-refractivity contribution in [1.29, 1.82) is 0 Å². The van der Waals surface area contributed by atoms with Crippen LogP contribution >= 0.6 is 12.4 Å². The first-order valence-corrected chi connectivity index (χ1v) is 5.17. The molecule has 3 N–H and O–H groups in total. The number of pyridine rings is 1. The molecule has 0 radical (unpaired) electrons. The number of nitrogens with zero attached hydrogens (tertiary/aromatic N) is 1. The van der Waals surface area contributed by atoms with E-state index in [9.17, 15) is 4.79 Å². The Balaban J connectivity index is 0.00000128. The zero-order valence-corrected chi connectivity index (χ0v) is 9.96. The molecule has 1 aromatic rings. The molecular weight excluding hydrogens is 226 g/mol. The van der Waals surface area contributed by atoms with Crippen LogP contribution in [0.4, 0.5) is 5.69 Å². The average Bonchev–Trinajstić information content (AvgIpc) is 2.16. The molecule has 1 saturated carbocycles. The number of rotatable bonds is 2. The monoisotopic (exact) mass is 241 g/mol. The maximum absolute atomic E-state index is 11.7. The number of carbonyl (C=O) groups is 1. The summed E-state index contributed by atoms with van der Waals surface area (Å²) < 4.78 is 0. The molecule has 1 amide bonds. The van der Waals surface area contributed by atoms with E-state index in [0.717, 1.165) is 18.8 Å². The highest BCUT2D eigenvalue weighted by molar-refractivity contribution is 5.92. The molecule has 0 atom stereocenters. The number of nitrogens with two attached hydrogens (primary N) is 1. The van der Waals surface area contributed by atoms with Crippen molar-refractivity contribution in [2.45, 2.75) is 25.8 Å². The molecule has 1 aromatic heterocycles. The Morgan fingerprint density at radius 3 is 2.69 bits per heavy atom. The van der Waals surface area contributed by atoms with Crippen LogP contribution < -0.4 is 11.1 Å². The molecule has 88 valence electrons. The highest BCUT2D eigenvalue weighted by Gasteiger charge is 2.26. The molecule has 0 aliphatic heterocycles. The van der Waals surface area contributed by atoms with Gasteiger partial charge in [0, 0.05) is 6.04 Å². The van der Waals surface area contributed by atoms with E-state index in [1.54, 1.807) is 12.1 Å². The summed E-state index contributed by atoms with van der Waals surface area (Å²) in [5.74, 6) is 0.626. The largest absolute Gasteiger partial charge is 0.397 e. The van der Waals surface area contributed by atoms with Crippen LogP contribution in [0.3, 0.4) is 0 Å². The lowest BCUT2D eigenvalue weighted by Crippen LogP contribution is -2.43. The van der Waals surface area contributed by atoms with Crippen LogP contribution in [0.25, 0.3) is 0 Å². The number of amides is 1. The molecule has 1 aliphatic rings.